The number of aromatic nitrogens is 2. The number of hydrogen-bond acceptors (Lipinski definition) is 7. The largest absolute Gasteiger partial charge is 0.490 e. The van der Waals surface area contributed by atoms with E-state index in [9.17, 15) is 5.11 Å². The van der Waals surface area contributed by atoms with E-state index in [4.69, 9.17) is 10.6 Å². The van der Waals surface area contributed by atoms with Gasteiger partial charge in [0.15, 0.2) is 11.6 Å². The van der Waals surface area contributed by atoms with Gasteiger partial charge in [-0.3, -0.25) is 0 Å². The van der Waals surface area contributed by atoms with E-state index in [0.717, 1.165) is 19.4 Å². The second kappa shape index (κ2) is 6.53. The third kappa shape index (κ3) is 3.05. The topological polar surface area (TPSA) is 105 Å². The van der Waals surface area contributed by atoms with Gasteiger partial charge in [0.1, 0.15) is 6.33 Å². The molecule has 1 heterocycles. The van der Waals surface area contributed by atoms with Gasteiger partial charge in [0.25, 0.3) is 0 Å². The Morgan fingerprint density at radius 2 is 2.11 bits per heavy atom. The first-order chi connectivity index (χ1) is 9.30. The first-order valence-electron chi connectivity index (χ1n) is 6.50. The van der Waals surface area contributed by atoms with Gasteiger partial charge in [-0.25, -0.2) is 15.8 Å². The number of methoxy groups -OCH3 is 1. The van der Waals surface area contributed by atoms with E-state index in [-0.39, 0.29) is 6.61 Å². The average molecular weight is 267 g/mol. The summed E-state index contributed by atoms with van der Waals surface area (Å²) in [5.74, 6) is 7.80. The number of anilines is 2. The summed E-state index contributed by atoms with van der Waals surface area (Å²) in [4.78, 5) is 8.15. The maximum atomic E-state index is 9.31. The highest BCUT2D eigenvalue weighted by Gasteiger charge is 2.26. The Morgan fingerprint density at radius 3 is 2.79 bits per heavy atom. The van der Waals surface area contributed by atoms with E-state index in [1.807, 2.05) is 0 Å². The molecule has 2 rings (SSSR count). The molecule has 1 aromatic rings. The Balaban J connectivity index is 2.03. The normalized spacial score (nSPS) is 22.3. The summed E-state index contributed by atoms with van der Waals surface area (Å²) < 4.78 is 5.26. The van der Waals surface area contributed by atoms with E-state index in [2.05, 4.69) is 20.7 Å². The molecule has 5 N–H and O–H groups in total. The Labute approximate surface area is 112 Å². The molecule has 1 saturated carbocycles. The molecule has 1 aliphatic carbocycles. The molecule has 0 saturated heterocycles. The molecular formula is C12H21N5O2. The molecule has 19 heavy (non-hydrogen) atoms. The van der Waals surface area contributed by atoms with Crippen LogP contribution in [0.5, 0.6) is 5.75 Å². The maximum Gasteiger partial charge on any atom is 0.205 e. The molecule has 0 amide bonds. The fraction of sp³-hybridized carbons (Fsp3) is 0.667. The van der Waals surface area contributed by atoms with Crippen LogP contribution in [-0.2, 0) is 0 Å². The van der Waals surface area contributed by atoms with E-state index in [1.54, 1.807) is 7.11 Å². The zero-order valence-corrected chi connectivity index (χ0v) is 11.1. The van der Waals surface area contributed by atoms with Crippen molar-refractivity contribution in [1.29, 1.82) is 0 Å². The molecule has 2 unspecified atom stereocenters. The van der Waals surface area contributed by atoms with Crippen molar-refractivity contribution >= 4 is 11.6 Å². The molecule has 1 aromatic heterocycles. The van der Waals surface area contributed by atoms with Crippen LogP contribution < -0.4 is 21.3 Å². The standard InChI is InChI=1S/C12H21N5O2/c1-19-10-11(15-7-16-12(10)17-13)14-5-8-3-2-4-9(8)6-18/h7-9,18H,2-6,13H2,1H3,(H2,14,15,16,17). The number of hydrogen-bond donors (Lipinski definition) is 4. The SMILES string of the molecule is COc1c(NN)ncnc1NCC1CCCC1CO. The fourth-order valence-electron chi connectivity index (χ4n) is 2.65. The van der Waals surface area contributed by atoms with Crippen LogP contribution in [0.4, 0.5) is 11.6 Å². The van der Waals surface area contributed by atoms with Gasteiger partial charge in [-0.05, 0) is 24.7 Å². The van der Waals surface area contributed by atoms with Gasteiger partial charge in [0.2, 0.25) is 5.75 Å². The van der Waals surface area contributed by atoms with Crippen molar-refractivity contribution < 1.29 is 9.84 Å². The number of nitrogen functional groups attached to an aromatic ring is 1. The molecule has 0 aromatic carbocycles. The fourth-order valence-corrected chi connectivity index (χ4v) is 2.65. The third-order valence-electron chi connectivity index (χ3n) is 3.73. The first-order valence-corrected chi connectivity index (χ1v) is 6.50. The van der Waals surface area contributed by atoms with Gasteiger partial charge in [-0.15, -0.1) is 0 Å². The van der Waals surface area contributed by atoms with Crippen LogP contribution in [0, 0.1) is 11.8 Å². The average Bonchev–Trinajstić information content (AvgIpc) is 2.91. The summed E-state index contributed by atoms with van der Waals surface area (Å²) in [7, 11) is 1.55. The zero-order valence-electron chi connectivity index (χ0n) is 11.1. The number of hydrazine groups is 1. The lowest BCUT2D eigenvalue weighted by Crippen LogP contribution is -2.22. The summed E-state index contributed by atoms with van der Waals surface area (Å²) in [6.07, 6.45) is 4.83. The molecule has 0 spiro atoms. The number of aliphatic hydroxyl groups is 1. The lowest BCUT2D eigenvalue weighted by Gasteiger charge is -2.19. The minimum Gasteiger partial charge on any atom is -0.490 e. The van der Waals surface area contributed by atoms with Crippen LogP contribution in [0.15, 0.2) is 6.33 Å². The van der Waals surface area contributed by atoms with Crippen molar-refractivity contribution in [3.8, 4) is 5.75 Å². The van der Waals surface area contributed by atoms with E-state index in [1.165, 1.54) is 12.7 Å². The molecule has 1 fully saturated rings. The van der Waals surface area contributed by atoms with Crippen molar-refractivity contribution in [3.63, 3.8) is 0 Å². The molecule has 0 radical (unpaired) electrons. The number of nitrogens with zero attached hydrogens (tertiary/aromatic N) is 2. The van der Waals surface area contributed by atoms with Gasteiger partial charge in [-0.1, -0.05) is 6.42 Å². The molecular weight excluding hydrogens is 246 g/mol. The molecule has 0 aliphatic heterocycles. The van der Waals surface area contributed by atoms with E-state index >= 15 is 0 Å². The lowest BCUT2D eigenvalue weighted by molar-refractivity contribution is 0.199. The number of nitrogens with one attached hydrogen (secondary N) is 2. The Hall–Kier alpha value is -1.60. The van der Waals surface area contributed by atoms with Gasteiger partial charge < -0.3 is 20.6 Å². The van der Waals surface area contributed by atoms with E-state index < -0.39 is 0 Å². The first kappa shape index (κ1) is 13.8. The minimum atomic E-state index is 0.253. The lowest BCUT2D eigenvalue weighted by atomic mass is 9.97. The predicted molar refractivity (Wildman–Crippen MR) is 72.8 cm³/mol. The van der Waals surface area contributed by atoms with Crippen molar-refractivity contribution in [2.45, 2.75) is 19.3 Å². The van der Waals surface area contributed by atoms with Crippen LogP contribution in [0.25, 0.3) is 0 Å². The van der Waals surface area contributed by atoms with Crippen molar-refractivity contribution in [2.24, 2.45) is 17.7 Å². The number of ether oxygens (including phenoxy) is 1. The molecule has 0 bridgehead atoms. The highest BCUT2D eigenvalue weighted by atomic mass is 16.5. The second-order valence-electron chi connectivity index (χ2n) is 4.76. The number of nitrogens with two attached hydrogens (primary N) is 1. The van der Waals surface area contributed by atoms with Crippen molar-refractivity contribution in [1.82, 2.24) is 9.97 Å². The van der Waals surface area contributed by atoms with Gasteiger partial charge >= 0.3 is 0 Å². The second-order valence-corrected chi connectivity index (χ2v) is 4.76. The summed E-state index contributed by atoms with van der Waals surface area (Å²) in [5, 5.41) is 12.6. The molecule has 1 aliphatic rings. The Morgan fingerprint density at radius 1 is 1.37 bits per heavy atom. The van der Waals surface area contributed by atoms with Gasteiger partial charge in [-0.2, -0.15) is 0 Å². The highest BCUT2D eigenvalue weighted by Crippen LogP contribution is 2.33. The van der Waals surface area contributed by atoms with Crippen LogP contribution >= 0.6 is 0 Å². The zero-order chi connectivity index (χ0) is 13.7. The third-order valence-corrected chi connectivity index (χ3v) is 3.73. The van der Waals surface area contributed by atoms with Gasteiger partial charge in [0.05, 0.1) is 7.11 Å². The summed E-state index contributed by atoms with van der Waals surface area (Å²) in [6.45, 7) is 1.02. The molecule has 106 valence electrons. The van der Waals surface area contributed by atoms with Crippen LogP contribution in [0.1, 0.15) is 19.3 Å². The Kier molecular flexibility index (Phi) is 4.75. The quantitative estimate of drug-likeness (QED) is 0.441. The monoisotopic (exact) mass is 267 g/mol. The molecule has 2 atom stereocenters. The molecule has 7 heteroatoms. The van der Waals surface area contributed by atoms with Crippen LogP contribution in [0.3, 0.4) is 0 Å². The number of rotatable bonds is 6. The Bertz CT molecular complexity index is 415. The van der Waals surface area contributed by atoms with Crippen molar-refractivity contribution in [2.75, 3.05) is 31.0 Å². The van der Waals surface area contributed by atoms with Gasteiger partial charge in [0, 0.05) is 13.2 Å². The van der Waals surface area contributed by atoms with Crippen molar-refractivity contribution in [3.05, 3.63) is 6.33 Å². The van der Waals surface area contributed by atoms with E-state index in [0.29, 0.717) is 29.2 Å². The summed E-state index contributed by atoms with van der Waals surface area (Å²) in [6, 6.07) is 0. The summed E-state index contributed by atoms with van der Waals surface area (Å²) >= 11 is 0. The minimum absolute atomic E-state index is 0.253. The highest BCUT2D eigenvalue weighted by molar-refractivity contribution is 5.62. The molecule has 7 nitrogen and oxygen atoms in total. The maximum absolute atomic E-state index is 9.31. The smallest absolute Gasteiger partial charge is 0.205 e. The summed E-state index contributed by atoms with van der Waals surface area (Å²) in [5.41, 5.74) is 2.48. The predicted octanol–water partition coefficient (Wildman–Crippen LogP) is 0.591. The number of aliphatic hydroxyl groups excluding tert-OH is 1. The van der Waals surface area contributed by atoms with Crippen LogP contribution in [0.2, 0.25) is 0 Å². The van der Waals surface area contributed by atoms with Crippen LogP contribution in [-0.4, -0.2) is 35.3 Å².